The molecule has 15 rings (SSSR count). The topological polar surface area (TPSA) is 6.48 Å². The second-order valence-electron chi connectivity index (χ2n) is 24.7. The van der Waals surface area contributed by atoms with E-state index in [4.69, 9.17) is 0 Å². The average Bonchev–Trinajstić information content (AvgIpc) is 1.69. The fraction of sp³-hybridized carbons (Fsp3) is 0.103. The molecule has 0 N–H and O–H groups in total. The van der Waals surface area contributed by atoms with Crippen molar-refractivity contribution in [2.24, 2.45) is 0 Å². The first-order valence-electron chi connectivity index (χ1n) is 32.4. The highest BCUT2D eigenvalue weighted by atomic mass is 32.3. The summed E-state index contributed by atoms with van der Waals surface area (Å²) in [5.41, 5.74) is 21.8. The maximum Gasteiger partial charge on any atom is 0.232 e. The van der Waals surface area contributed by atoms with Gasteiger partial charge in [0.05, 0.1) is 11.4 Å². The van der Waals surface area contributed by atoms with Crippen LogP contribution in [0.5, 0.6) is 0 Å². The van der Waals surface area contributed by atoms with E-state index in [9.17, 15) is 0 Å². The highest BCUT2D eigenvalue weighted by molar-refractivity contribution is 8.35. The van der Waals surface area contributed by atoms with Crippen molar-refractivity contribution in [2.45, 2.75) is 48.5 Å². The molecule has 0 bridgehead atoms. The predicted octanol–water partition coefficient (Wildman–Crippen LogP) is 21.6. The van der Waals surface area contributed by atoms with Gasteiger partial charge in [-0.2, -0.15) is 0 Å². The van der Waals surface area contributed by atoms with E-state index in [1.807, 2.05) is 0 Å². The SMILES string of the molecule is CC1c2cc3c(cc2N(c2cccc(-c4ccccc4)c2)S(CCc2ccccc2)(c2ccccc2)CC1c1cccc(-c2ccccc2)c1)N(c1cccc(-c2ccccc2)c1)[Si](c1ccccc1)(c1ccccc1)C(c1cccc(-c2ccccc2)c1)CC3. The molecule has 0 spiro atoms. The Labute approximate surface area is 541 Å². The van der Waals surface area contributed by atoms with Gasteiger partial charge in [-0.3, -0.25) is 4.31 Å². The molecule has 0 aliphatic carbocycles. The van der Waals surface area contributed by atoms with E-state index in [0.717, 1.165) is 30.8 Å². The summed E-state index contributed by atoms with van der Waals surface area (Å²) in [6.07, 6.45) is 2.76. The molecule has 2 heterocycles. The molecule has 0 amide bonds. The Morgan fingerprint density at radius 3 is 1.32 bits per heavy atom. The minimum atomic E-state index is -3.40. The van der Waals surface area contributed by atoms with Crippen LogP contribution in [0, 0.1) is 0 Å². The first kappa shape index (κ1) is 57.5. The van der Waals surface area contributed by atoms with Gasteiger partial charge in [0.2, 0.25) is 8.24 Å². The van der Waals surface area contributed by atoms with Crippen molar-refractivity contribution in [3.05, 3.63) is 380 Å². The molecule has 0 fully saturated rings. The van der Waals surface area contributed by atoms with Crippen molar-refractivity contribution < 1.29 is 0 Å². The number of benzene rings is 13. The normalized spacial score (nSPS) is 18.4. The summed E-state index contributed by atoms with van der Waals surface area (Å²) >= 11 is 0. The Morgan fingerprint density at radius 1 is 0.374 bits per heavy atom. The van der Waals surface area contributed by atoms with Crippen molar-refractivity contribution in [3.63, 3.8) is 0 Å². The number of anilines is 4. The lowest BCUT2D eigenvalue weighted by molar-refractivity contribution is 0.633. The third-order valence-electron chi connectivity index (χ3n) is 19.5. The Balaban J connectivity index is 1.07. The van der Waals surface area contributed by atoms with E-state index in [0.29, 0.717) is 0 Å². The summed E-state index contributed by atoms with van der Waals surface area (Å²) in [4.78, 5) is 1.40. The van der Waals surface area contributed by atoms with Gasteiger partial charge < -0.3 is 4.57 Å². The Bertz CT molecular complexity index is 4550. The van der Waals surface area contributed by atoms with Crippen LogP contribution in [-0.4, -0.2) is 19.7 Å². The van der Waals surface area contributed by atoms with Gasteiger partial charge in [-0.15, -0.1) is 10.2 Å². The van der Waals surface area contributed by atoms with E-state index in [1.54, 1.807) is 0 Å². The lowest BCUT2D eigenvalue weighted by Gasteiger charge is -2.52. The zero-order chi connectivity index (χ0) is 61.0. The summed E-state index contributed by atoms with van der Waals surface area (Å²) < 4.78 is 5.94. The van der Waals surface area contributed by atoms with Crippen molar-refractivity contribution >= 4 is 51.6 Å². The highest BCUT2D eigenvalue weighted by Crippen LogP contribution is 2.70. The summed E-state index contributed by atoms with van der Waals surface area (Å²) in [5.74, 6) is 2.16. The van der Waals surface area contributed by atoms with Crippen LogP contribution in [0.3, 0.4) is 0 Å². The second kappa shape index (κ2) is 25.5. The van der Waals surface area contributed by atoms with Crippen molar-refractivity contribution in [2.75, 3.05) is 20.4 Å². The van der Waals surface area contributed by atoms with Gasteiger partial charge >= 0.3 is 0 Å². The molecule has 442 valence electrons. The van der Waals surface area contributed by atoms with Crippen LogP contribution < -0.4 is 19.2 Å². The fourth-order valence-corrected chi connectivity index (χ4v) is 25.4. The van der Waals surface area contributed by atoms with Crippen LogP contribution >= 0.6 is 10.2 Å². The molecule has 4 heteroatoms. The molecule has 91 heavy (non-hydrogen) atoms. The van der Waals surface area contributed by atoms with Gasteiger partial charge in [-0.05, 0) is 150 Å². The molecule has 2 aliphatic heterocycles. The van der Waals surface area contributed by atoms with Gasteiger partial charge in [-0.25, -0.2) is 0 Å². The molecule has 0 saturated heterocycles. The fourth-order valence-electron chi connectivity index (χ4n) is 15.2. The molecule has 13 aromatic rings. The summed E-state index contributed by atoms with van der Waals surface area (Å²) in [7, 11) is -5.47. The molecule has 0 aromatic heterocycles. The number of hydrogen-bond acceptors (Lipinski definition) is 2. The van der Waals surface area contributed by atoms with E-state index in [2.05, 4.69) is 368 Å². The number of hydrogen-bond donors (Lipinski definition) is 0. The molecular formula is C87H74N2SSi. The highest BCUT2D eigenvalue weighted by Gasteiger charge is 2.54. The number of nitrogens with zero attached hydrogens (tertiary/aromatic N) is 2. The van der Waals surface area contributed by atoms with Crippen molar-refractivity contribution in [1.29, 1.82) is 0 Å². The van der Waals surface area contributed by atoms with Crippen LogP contribution in [0.15, 0.2) is 357 Å². The Hall–Kier alpha value is -9.97. The van der Waals surface area contributed by atoms with Crippen LogP contribution in [0.25, 0.3) is 44.5 Å². The molecule has 4 unspecified atom stereocenters. The summed E-state index contributed by atoms with van der Waals surface area (Å²) in [5, 5.41) is 2.77. The molecule has 4 atom stereocenters. The van der Waals surface area contributed by atoms with Gasteiger partial charge in [-0.1, -0.05) is 316 Å². The van der Waals surface area contributed by atoms with Gasteiger partial charge in [0.15, 0.2) is 0 Å². The molecule has 0 radical (unpaired) electrons. The van der Waals surface area contributed by atoms with E-state index >= 15 is 0 Å². The standard InChI is InChI=1S/C87H74N2SSi/c1-65-83-62-76-54-55-87(77-45-27-41-72(59-77)68-34-14-4-15-35-68)91(81-50-22-8-23-51-81,82-52-24-9-25-53-82)89(79-47-29-43-74(61-79)70-38-18-6-19-39-70)85(76)63-86(83)88(78-46-28-42-73(60-78)69-36-16-5-17-37-69)90(80-48-20-7-21-49-80,57-56-66-30-10-2-11-31-66)64-84(65)75-44-26-40-71(58-75)67-32-12-3-13-33-67/h2-53,58-63,65,84,87H,54-57,64H2,1H3. The minimum Gasteiger partial charge on any atom is -0.359 e. The molecule has 2 nitrogen and oxygen atoms in total. The monoisotopic (exact) mass is 1210 g/mol. The Kier molecular flexibility index (Phi) is 16.1. The second-order valence-corrected chi connectivity index (χ2v) is 31.8. The quantitative estimate of drug-likeness (QED) is 0.100. The lowest BCUT2D eigenvalue weighted by atomic mass is 9.81. The van der Waals surface area contributed by atoms with Crippen molar-refractivity contribution in [1.82, 2.24) is 0 Å². The molecule has 13 aromatic carbocycles. The first-order valence-corrected chi connectivity index (χ1v) is 36.3. The van der Waals surface area contributed by atoms with E-state index < -0.39 is 18.4 Å². The first-order chi connectivity index (χ1) is 45.0. The summed E-state index contributed by atoms with van der Waals surface area (Å²) in [6, 6.07) is 134. The number of aryl methyl sites for hydroxylation is 2. The van der Waals surface area contributed by atoms with Crippen LogP contribution in [0.2, 0.25) is 0 Å². The molecule has 2 aliphatic rings. The largest absolute Gasteiger partial charge is 0.359 e. The van der Waals surface area contributed by atoms with Crippen LogP contribution in [0.4, 0.5) is 22.7 Å². The predicted molar refractivity (Wildman–Crippen MR) is 391 cm³/mol. The van der Waals surface area contributed by atoms with Gasteiger partial charge in [0.1, 0.15) is 0 Å². The minimum absolute atomic E-state index is 0.0954. The maximum absolute atomic E-state index is 3.40. The zero-order valence-electron chi connectivity index (χ0n) is 51.6. The molecule has 0 saturated carbocycles. The Morgan fingerprint density at radius 2 is 0.791 bits per heavy atom. The third-order valence-corrected chi connectivity index (χ3v) is 28.9. The van der Waals surface area contributed by atoms with Gasteiger partial charge in [0.25, 0.3) is 0 Å². The maximum atomic E-state index is 2.98. The third kappa shape index (κ3) is 11.0. The number of fused-ring (bicyclic) bond motifs is 2. The number of rotatable bonds is 14. The summed E-state index contributed by atoms with van der Waals surface area (Å²) in [6.45, 7) is 2.57. The molecular weight excluding hydrogens is 1130 g/mol. The average molecular weight is 1210 g/mol. The van der Waals surface area contributed by atoms with Gasteiger partial charge in [0, 0.05) is 39.2 Å². The lowest BCUT2D eigenvalue weighted by Crippen LogP contribution is -2.72. The van der Waals surface area contributed by atoms with E-state index in [-0.39, 0.29) is 17.4 Å². The zero-order valence-corrected chi connectivity index (χ0v) is 53.4. The smallest absolute Gasteiger partial charge is 0.232 e. The van der Waals surface area contributed by atoms with E-state index in [1.165, 1.54) is 110 Å². The van der Waals surface area contributed by atoms with Crippen LogP contribution in [0.1, 0.15) is 58.5 Å². The van der Waals surface area contributed by atoms with Crippen LogP contribution in [-0.2, 0) is 12.8 Å². The van der Waals surface area contributed by atoms with Crippen molar-refractivity contribution in [3.8, 4) is 44.5 Å².